The summed E-state index contributed by atoms with van der Waals surface area (Å²) < 4.78 is 13.1. The molecule has 3 aliphatic carbocycles. The van der Waals surface area contributed by atoms with Gasteiger partial charge in [0.2, 0.25) is 11.8 Å². The Morgan fingerprint density at radius 3 is 2.24 bits per heavy atom. The summed E-state index contributed by atoms with van der Waals surface area (Å²) in [6.45, 7) is 14.8. The number of hydrogen-bond donors (Lipinski definition) is 3. The standard InChI is InChI=1S/C29H53BN2O5/c1-8-9-10-11-12-13-14-15-25(34)32-26(20(4)33)27(35)31-24(16-19(2)3)30-36-23-18-21-17-22(28(21,5)6)29(23,7)37-30/h19-24,26,33H,8-18H2,1-7H3,(H,31,35)(H,32,34)/t20-,21-,22-,23-,24+,26+,29+/m1/s1. The van der Waals surface area contributed by atoms with E-state index in [0.717, 1.165) is 25.7 Å². The van der Waals surface area contributed by atoms with E-state index in [1.165, 1.54) is 32.1 Å². The number of hydrogen-bond acceptors (Lipinski definition) is 5. The van der Waals surface area contributed by atoms with Gasteiger partial charge >= 0.3 is 7.12 Å². The van der Waals surface area contributed by atoms with Crippen LogP contribution in [0.1, 0.15) is 119 Å². The van der Waals surface area contributed by atoms with Crippen molar-refractivity contribution in [1.82, 2.24) is 10.6 Å². The van der Waals surface area contributed by atoms with E-state index < -0.39 is 19.3 Å². The molecular formula is C29H53BN2O5. The van der Waals surface area contributed by atoms with Crippen molar-refractivity contribution in [1.29, 1.82) is 0 Å². The van der Waals surface area contributed by atoms with Crippen molar-refractivity contribution in [3.05, 3.63) is 0 Å². The molecule has 0 aromatic carbocycles. The molecule has 2 amide bonds. The number of rotatable bonds is 15. The fraction of sp³-hybridized carbons (Fsp3) is 0.931. The van der Waals surface area contributed by atoms with Crippen LogP contribution in [0.3, 0.4) is 0 Å². The molecule has 0 aromatic heterocycles. The lowest BCUT2D eigenvalue weighted by Crippen LogP contribution is -2.65. The van der Waals surface area contributed by atoms with E-state index in [4.69, 9.17) is 9.31 Å². The number of nitrogens with one attached hydrogen (secondary N) is 2. The Hall–Kier alpha value is -1.12. The highest BCUT2D eigenvalue weighted by Gasteiger charge is 2.68. The van der Waals surface area contributed by atoms with Crippen LogP contribution in [0, 0.1) is 23.2 Å². The minimum atomic E-state index is -1.00. The number of amides is 2. The maximum absolute atomic E-state index is 13.3. The molecule has 1 saturated heterocycles. The van der Waals surface area contributed by atoms with Gasteiger partial charge in [-0.2, -0.15) is 0 Å². The Morgan fingerprint density at radius 2 is 1.65 bits per heavy atom. The van der Waals surface area contributed by atoms with E-state index >= 15 is 0 Å². The van der Waals surface area contributed by atoms with Gasteiger partial charge in [-0.25, -0.2) is 0 Å². The van der Waals surface area contributed by atoms with E-state index in [1.807, 2.05) is 0 Å². The lowest BCUT2D eigenvalue weighted by Gasteiger charge is -2.64. The third kappa shape index (κ3) is 7.10. The average molecular weight is 521 g/mol. The van der Waals surface area contributed by atoms with Gasteiger partial charge in [0.05, 0.1) is 23.8 Å². The van der Waals surface area contributed by atoms with Crippen LogP contribution >= 0.6 is 0 Å². The van der Waals surface area contributed by atoms with Gasteiger partial charge in [-0.3, -0.25) is 9.59 Å². The summed E-state index contributed by atoms with van der Waals surface area (Å²) in [6.07, 6.45) is 10.1. The molecule has 37 heavy (non-hydrogen) atoms. The second-order valence-electron chi connectivity index (χ2n) is 13.2. The highest BCUT2D eigenvalue weighted by Crippen LogP contribution is 2.65. The molecule has 0 radical (unpaired) electrons. The van der Waals surface area contributed by atoms with Crippen LogP contribution in [-0.4, -0.2) is 53.8 Å². The topological polar surface area (TPSA) is 96.9 Å². The van der Waals surface area contributed by atoms with Crippen molar-refractivity contribution in [2.24, 2.45) is 23.2 Å². The molecule has 3 N–H and O–H groups in total. The number of aliphatic hydroxyl groups is 1. The molecule has 3 saturated carbocycles. The molecule has 0 spiro atoms. The van der Waals surface area contributed by atoms with Crippen molar-refractivity contribution < 1.29 is 24.0 Å². The van der Waals surface area contributed by atoms with Gasteiger partial charge in [-0.15, -0.1) is 0 Å². The first-order chi connectivity index (χ1) is 17.4. The van der Waals surface area contributed by atoms with Crippen molar-refractivity contribution in [3.8, 4) is 0 Å². The van der Waals surface area contributed by atoms with E-state index in [-0.39, 0.29) is 34.9 Å². The fourth-order valence-electron chi connectivity index (χ4n) is 6.98. The van der Waals surface area contributed by atoms with Gasteiger partial charge in [0.15, 0.2) is 0 Å². The van der Waals surface area contributed by atoms with Crippen LogP contribution in [-0.2, 0) is 18.9 Å². The van der Waals surface area contributed by atoms with Crippen molar-refractivity contribution >= 4 is 18.9 Å². The minimum absolute atomic E-state index is 0.0371. The quantitative estimate of drug-likeness (QED) is 0.213. The minimum Gasteiger partial charge on any atom is -0.404 e. The summed E-state index contributed by atoms with van der Waals surface area (Å²) >= 11 is 0. The lowest BCUT2D eigenvalue weighted by atomic mass is 9.43. The van der Waals surface area contributed by atoms with Crippen LogP contribution in [0.5, 0.6) is 0 Å². The third-order valence-electron chi connectivity index (χ3n) is 9.44. The Balaban J connectivity index is 1.55. The van der Waals surface area contributed by atoms with Gasteiger partial charge in [-0.1, -0.05) is 73.1 Å². The smallest absolute Gasteiger partial charge is 0.404 e. The summed E-state index contributed by atoms with van der Waals surface area (Å²) in [7, 11) is -0.533. The first kappa shape index (κ1) is 30.4. The predicted molar refractivity (Wildman–Crippen MR) is 148 cm³/mol. The van der Waals surface area contributed by atoms with Crippen LogP contribution in [0.15, 0.2) is 0 Å². The van der Waals surface area contributed by atoms with Crippen molar-refractivity contribution in [2.75, 3.05) is 0 Å². The van der Waals surface area contributed by atoms with E-state index in [9.17, 15) is 14.7 Å². The molecule has 1 aliphatic heterocycles. The Bertz CT molecular complexity index is 775. The van der Waals surface area contributed by atoms with E-state index in [0.29, 0.717) is 30.6 Å². The van der Waals surface area contributed by atoms with Gasteiger partial charge in [-0.05, 0) is 62.7 Å². The SMILES string of the molecule is CCCCCCCCCC(=O)N[C@H](C(=O)N[C@@H](CC(C)C)B1O[C@@H]2C[C@H]3C[C@H](C3(C)C)[C@]2(C)O1)[C@@H](C)O. The summed E-state index contributed by atoms with van der Waals surface area (Å²) in [5, 5.41) is 16.2. The molecule has 1 heterocycles. The molecular weight excluding hydrogens is 467 g/mol. The van der Waals surface area contributed by atoms with Gasteiger partial charge in [0.1, 0.15) is 6.04 Å². The zero-order valence-electron chi connectivity index (χ0n) is 24.5. The fourth-order valence-corrected chi connectivity index (χ4v) is 6.98. The molecule has 2 bridgehead atoms. The average Bonchev–Trinajstić information content (AvgIpc) is 3.18. The van der Waals surface area contributed by atoms with Crippen LogP contribution in [0.2, 0.25) is 0 Å². The summed E-state index contributed by atoms with van der Waals surface area (Å²) in [5.41, 5.74) is -0.102. The predicted octanol–water partition coefficient (Wildman–Crippen LogP) is 4.79. The van der Waals surface area contributed by atoms with Crippen LogP contribution < -0.4 is 10.6 Å². The molecule has 4 aliphatic rings. The monoisotopic (exact) mass is 520 g/mol. The first-order valence-corrected chi connectivity index (χ1v) is 15.0. The van der Waals surface area contributed by atoms with Gasteiger partial charge in [0.25, 0.3) is 0 Å². The number of unbranched alkanes of at least 4 members (excludes halogenated alkanes) is 6. The van der Waals surface area contributed by atoms with Crippen LogP contribution in [0.25, 0.3) is 0 Å². The summed E-state index contributed by atoms with van der Waals surface area (Å²) in [4.78, 5) is 25.9. The van der Waals surface area contributed by atoms with Gasteiger partial charge in [0, 0.05) is 6.42 Å². The highest BCUT2D eigenvalue weighted by atomic mass is 16.7. The molecule has 7 nitrogen and oxygen atoms in total. The zero-order chi connectivity index (χ0) is 27.4. The number of carbonyl (C=O) groups is 2. The Morgan fingerprint density at radius 1 is 1.00 bits per heavy atom. The van der Waals surface area contributed by atoms with Gasteiger partial charge < -0.3 is 25.0 Å². The molecule has 0 unspecified atom stereocenters. The van der Waals surface area contributed by atoms with Crippen LogP contribution in [0.4, 0.5) is 0 Å². The Kier molecular flexibility index (Phi) is 10.5. The lowest BCUT2D eigenvalue weighted by molar-refractivity contribution is -0.199. The maximum atomic E-state index is 13.3. The molecule has 0 aromatic rings. The molecule has 4 fully saturated rings. The second kappa shape index (κ2) is 12.8. The largest absolute Gasteiger partial charge is 0.481 e. The zero-order valence-corrected chi connectivity index (χ0v) is 24.5. The Labute approximate surface area is 225 Å². The molecule has 212 valence electrons. The number of aliphatic hydroxyl groups excluding tert-OH is 1. The normalized spacial score (nSPS) is 30.3. The van der Waals surface area contributed by atoms with E-state index in [1.54, 1.807) is 6.92 Å². The van der Waals surface area contributed by atoms with Crippen molar-refractivity contribution in [3.63, 3.8) is 0 Å². The third-order valence-corrected chi connectivity index (χ3v) is 9.44. The van der Waals surface area contributed by atoms with E-state index in [2.05, 4.69) is 52.2 Å². The van der Waals surface area contributed by atoms with Crippen molar-refractivity contribution in [2.45, 2.75) is 149 Å². The summed E-state index contributed by atoms with van der Waals surface area (Å²) in [6, 6.07) is -1.00. The number of carbonyl (C=O) groups excluding carboxylic acids is 2. The molecule has 7 atom stereocenters. The molecule has 8 heteroatoms. The summed E-state index contributed by atoms with van der Waals surface area (Å²) in [5.74, 6) is 0.489. The second-order valence-corrected chi connectivity index (χ2v) is 13.2. The maximum Gasteiger partial charge on any atom is 0.481 e. The first-order valence-electron chi connectivity index (χ1n) is 15.0. The molecule has 4 rings (SSSR count). The highest BCUT2D eigenvalue weighted by molar-refractivity contribution is 6.48.